The molecule has 2 aromatic carbocycles. The van der Waals surface area contributed by atoms with Crippen LogP contribution in [0.2, 0.25) is 0 Å². The van der Waals surface area contributed by atoms with Gasteiger partial charge in [0.25, 0.3) is 0 Å². The fourth-order valence-corrected chi connectivity index (χ4v) is 5.79. The van der Waals surface area contributed by atoms with Crippen LogP contribution >= 0.6 is 11.3 Å². The van der Waals surface area contributed by atoms with Gasteiger partial charge in [0.05, 0.1) is 46.0 Å². The summed E-state index contributed by atoms with van der Waals surface area (Å²) in [6, 6.07) is 11.9. The molecular weight excluding hydrogens is 598 g/mol. The lowest BCUT2D eigenvalue weighted by atomic mass is 10.0. The van der Waals surface area contributed by atoms with Crippen molar-refractivity contribution in [1.29, 1.82) is 0 Å². The summed E-state index contributed by atoms with van der Waals surface area (Å²) in [5.41, 5.74) is 1.78. The molecule has 5 aromatic rings. The van der Waals surface area contributed by atoms with E-state index in [2.05, 4.69) is 33.7 Å². The van der Waals surface area contributed by atoms with Crippen LogP contribution in [0, 0.1) is 28.9 Å². The zero-order valence-electron chi connectivity index (χ0n) is 24.3. The molecule has 1 N–H and O–H groups in total. The lowest BCUT2D eigenvalue weighted by Gasteiger charge is -2.27. The first kappa shape index (κ1) is 29.1. The molecule has 7 rings (SSSR count). The third-order valence-corrected chi connectivity index (χ3v) is 9.01. The number of ether oxygens (including phenoxy) is 2. The molecule has 0 bridgehead atoms. The third kappa shape index (κ3) is 6.30. The monoisotopic (exact) mass is 626 g/mol. The third-order valence-electron chi connectivity index (χ3n) is 8.12. The summed E-state index contributed by atoms with van der Waals surface area (Å²) in [6.07, 6.45) is 4.78. The number of rotatable bonds is 9. The van der Waals surface area contributed by atoms with E-state index in [1.165, 1.54) is 17.4 Å². The first-order valence-electron chi connectivity index (χ1n) is 14.6. The number of imidazole rings is 1. The molecule has 0 spiro atoms. The Morgan fingerprint density at radius 1 is 1.18 bits per heavy atom. The number of hydrogen-bond acceptors (Lipinski definition) is 7. The molecular formula is C34H28F2N4O4S. The van der Waals surface area contributed by atoms with Crippen LogP contribution in [0.4, 0.5) is 8.78 Å². The molecule has 2 fully saturated rings. The number of carboxylic acids is 1. The maximum Gasteiger partial charge on any atom is 0.335 e. The Bertz CT molecular complexity index is 2000. The highest BCUT2D eigenvalue weighted by atomic mass is 32.1. The molecule has 1 aliphatic heterocycles. The van der Waals surface area contributed by atoms with Crippen LogP contribution in [0.3, 0.4) is 0 Å². The van der Waals surface area contributed by atoms with E-state index in [1.807, 2.05) is 4.57 Å². The highest BCUT2D eigenvalue weighted by Crippen LogP contribution is 2.44. The van der Waals surface area contributed by atoms with Gasteiger partial charge in [0.1, 0.15) is 29.1 Å². The van der Waals surface area contributed by atoms with Crippen molar-refractivity contribution in [3.05, 3.63) is 93.2 Å². The summed E-state index contributed by atoms with van der Waals surface area (Å²) in [4.78, 5) is 25.9. The molecule has 4 heterocycles. The molecule has 8 nitrogen and oxygen atoms in total. The quantitative estimate of drug-likeness (QED) is 0.183. The average molecular weight is 627 g/mol. The van der Waals surface area contributed by atoms with Crippen LogP contribution in [0.15, 0.2) is 54.7 Å². The number of thiazole rings is 1. The number of hydrogen-bond donors (Lipinski definition) is 1. The van der Waals surface area contributed by atoms with Gasteiger partial charge < -0.3 is 19.1 Å². The molecule has 1 saturated carbocycles. The second-order valence-electron chi connectivity index (χ2n) is 11.6. The Morgan fingerprint density at radius 2 is 2.02 bits per heavy atom. The van der Waals surface area contributed by atoms with Crippen LogP contribution in [-0.4, -0.2) is 43.3 Å². The fraction of sp³-hybridized carbons (Fsp3) is 0.294. The van der Waals surface area contributed by atoms with Gasteiger partial charge in [-0.2, -0.15) is 0 Å². The average Bonchev–Trinajstić information content (AvgIpc) is 3.41. The van der Waals surface area contributed by atoms with Gasteiger partial charge in [-0.05, 0) is 68.1 Å². The van der Waals surface area contributed by atoms with E-state index in [0.29, 0.717) is 30.0 Å². The molecule has 1 aliphatic carbocycles. The van der Waals surface area contributed by atoms with E-state index in [0.717, 1.165) is 41.3 Å². The van der Waals surface area contributed by atoms with Crippen LogP contribution in [0.1, 0.15) is 57.8 Å². The minimum atomic E-state index is -1.06. The van der Waals surface area contributed by atoms with Gasteiger partial charge in [-0.15, -0.1) is 11.3 Å². The molecule has 1 saturated heterocycles. The number of pyridine rings is 1. The van der Waals surface area contributed by atoms with Crippen LogP contribution in [0.25, 0.3) is 22.3 Å². The summed E-state index contributed by atoms with van der Waals surface area (Å²) in [6.45, 7) is 3.41. The van der Waals surface area contributed by atoms with Gasteiger partial charge in [0.2, 0.25) is 5.88 Å². The summed E-state index contributed by atoms with van der Waals surface area (Å²) < 4.78 is 44.3. The van der Waals surface area contributed by atoms with Crippen molar-refractivity contribution in [3.63, 3.8) is 0 Å². The minimum absolute atomic E-state index is 0.00281. The SMILES string of the molecule is CC1(C#Cc2cnc(COc3cccc(-c4cc(F)c(Cc5nc6ccc(C(=O)O)cc6n5C[C@@H]5CCO5)cc4F)n3)s2)CC1. The zero-order chi connectivity index (χ0) is 31.1. The van der Waals surface area contributed by atoms with Gasteiger partial charge in [0, 0.05) is 30.1 Å². The predicted octanol–water partition coefficient (Wildman–Crippen LogP) is 6.64. The molecule has 11 heteroatoms. The first-order valence-corrected chi connectivity index (χ1v) is 15.4. The Hall–Kier alpha value is -4.66. The Kier molecular flexibility index (Phi) is 7.55. The van der Waals surface area contributed by atoms with Crippen LogP contribution in [0.5, 0.6) is 5.88 Å². The van der Waals surface area contributed by atoms with Crippen molar-refractivity contribution in [2.75, 3.05) is 6.61 Å². The first-order chi connectivity index (χ1) is 21.7. The minimum Gasteiger partial charge on any atom is -0.478 e. The fourth-order valence-electron chi connectivity index (χ4n) is 5.11. The van der Waals surface area contributed by atoms with Crippen LogP contribution < -0.4 is 4.74 Å². The van der Waals surface area contributed by atoms with Crippen molar-refractivity contribution in [2.24, 2.45) is 5.41 Å². The van der Waals surface area contributed by atoms with Gasteiger partial charge in [-0.3, -0.25) is 0 Å². The van der Waals surface area contributed by atoms with E-state index in [-0.39, 0.29) is 52.8 Å². The summed E-state index contributed by atoms with van der Waals surface area (Å²) in [7, 11) is 0. The predicted molar refractivity (Wildman–Crippen MR) is 164 cm³/mol. The lowest BCUT2D eigenvalue weighted by molar-refractivity contribution is -0.0589. The highest BCUT2D eigenvalue weighted by Gasteiger charge is 2.35. The molecule has 0 radical (unpaired) electrons. The number of aromatic nitrogens is 4. The highest BCUT2D eigenvalue weighted by molar-refractivity contribution is 7.12. The number of carboxylic acid groups (broad SMARTS) is 1. The van der Waals surface area contributed by atoms with E-state index in [1.54, 1.807) is 36.5 Å². The van der Waals surface area contributed by atoms with E-state index in [4.69, 9.17) is 9.47 Å². The number of fused-ring (bicyclic) bond motifs is 1. The maximum absolute atomic E-state index is 15.5. The standard InChI is InChI=1S/C34H28F2N4O4S/c1-34(10-11-34)9-7-23-17-37-32(45-23)19-44-31-4-2-3-27(39-31)24-16-25(35)21(13-26(24)36)15-30-38-28-6-5-20(33(41)42)14-29(28)40(30)18-22-8-12-43-22/h2-6,13-14,16-17,22H,8,10-12,15,18-19H2,1H3,(H,41,42)/t22-/m0/s1. The lowest BCUT2D eigenvalue weighted by Crippen LogP contribution is -2.31. The number of benzene rings is 2. The number of aromatic carboxylic acids is 1. The molecule has 2 aliphatic rings. The van der Waals surface area contributed by atoms with Gasteiger partial charge in [0.15, 0.2) is 0 Å². The zero-order valence-corrected chi connectivity index (χ0v) is 25.2. The molecule has 1 atom stereocenters. The molecule has 0 amide bonds. The second-order valence-corrected chi connectivity index (χ2v) is 12.7. The van der Waals surface area contributed by atoms with Crippen molar-refractivity contribution >= 4 is 28.3 Å². The van der Waals surface area contributed by atoms with Gasteiger partial charge >= 0.3 is 5.97 Å². The van der Waals surface area contributed by atoms with E-state index in [9.17, 15) is 9.90 Å². The second kappa shape index (κ2) is 11.7. The van der Waals surface area contributed by atoms with Crippen LogP contribution in [-0.2, 0) is 24.3 Å². The number of carbonyl (C=O) groups is 1. The Labute approximate surface area is 261 Å². The normalized spacial score (nSPS) is 16.6. The number of nitrogens with zero attached hydrogens (tertiary/aromatic N) is 4. The Balaban J connectivity index is 1.10. The van der Waals surface area contributed by atoms with Crippen molar-refractivity contribution in [1.82, 2.24) is 19.5 Å². The van der Waals surface area contributed by atoms with Crippen molar-refractivity contribution in [3.8, 4) is 29.0 Å². The van der Waals surface area contributed by atoms with Gasteiger partial charge in [-0.1, -0.05) is 17.9 Å². The van der Waals surface area contributed by atoms with Crippen molar-refractivity contribution in [2.45, 2.75) is 51.9 Å². The largest absolute Gasteiger partial charge is 0.478 e. The molecule has 0 unspecified atom stereocenters. The summed E-state index contributed by atoms with van der Waals surface area (Å²) in [5, 5.41) is 10.2. The Morgan fingerprint density at radius 3 is 2.78 bits per heavy atom. The summed E-state index contributed by atoms with van der Waals surface area (Å²) in [5.74, 6) is 4.91. The number of halogens is 2. The topological polar surface area (TPSA) is 99.4 Å². The van der Waals surface area contributed by atoms with Crippen molar-refractivity contribution < 1.29 is 28.2 Å². The van der Waals surface area contributed by atoms with E-state index >= 15 is 8.78 Å². The molecule has 228 valence electrons. The van der Waals surface area contributed by atoms with Gasteiger partial charge in [-0.25, -0.2) is 28.5 Å². The smallest absolute Gasteiger partial charge is 0.335 e. The molecule has 45 heavy (non-hydrogen) atoms. The van der Waals surface area contributed by atoms with E-state index < -0.39 is 17.6 Å². The maximum atomic E-state index is 15.5. The summed E-state index contributed by atoms with van der Waals surface area (Å²) >= 11 is 1.45. The molecule has 3 aromatic heterocycles.